The highest BCUT2D eigenvalue weighted by Crippen LogP contribution is 2.28. The molecule has 250 valence electrons. The summed E-state index contributed by atoms with van der Waals surface area (Å²) < 4.78 is 0. The van der Waals surface area contributed by atoms with E-state index < -0.39 is 0 Å². The number of hydrogen-bond acceptors (Lipinski definition) is 3. The van der Waals surface area contributed by atoms with Crippen molar-refractivity contribution in [2.75, 3.05) is 21.1 Å². The van der Waals surface area contributed by atoms with Gasteiger partial charge >= 0.3 is 0 Å². The minimum absolute atomic E-state index is 0.0720. The van der Waals surface area contributed by atoms with Crippen LogP contribution in [0.5, 0.6) is 0 Å². The van der Waals surface area contributed by atoms with Gasteiger partial charge < -0.3 is 14.7 Å². The van der Waals surface area contributed by atoms with Crippen molar-refractivity contribution in [2.24, 2.45) is 0 Å². The molecule has 2 saturated carbocycles. The summed E-state index contributed by atoms with van der Waals surface area (Å²) in [6, 6.07) is 37.9. The molecule has 4 aromatic rings. The quantitative estimate of drug-likeness (QED) is 0.203. The molecule has 2 aliphatic rings. The smallest absolute Gasteiger partial charge is 0.253 e. The van der Waals surface area contributed by atoms with Crippen molar-refractivity contribution in [1.29, 1.82) is 0 Å². The van der Waals surface area contributed by atoms with Crippen LogP contribution in [-0.2, 0) is 0 Å². The second-order valence-electron chi connectivity index (χ2n) is 13.2. The van der Waals surface area contributed by atoms with Crippen LogP contribution < -0.4 is 0 Å². The zero-order valence-corrected chi connectivity index (χ0v) is 28.6. The Labute approximate surface area is 286 Å². The molecule has 48 heavy (non-hydrogen) atoms. The van der Waals surface area contributed by atoms with E-state index in [-0.39, 0.29) is 29.8 Å². The third-order valence-electron chi connectivity index (χ3n) is 10.1. The van der Waals surface area contributed by atoms with E-state index in [0.29, 0.717) is 6.04 Å². The number of hydrogen-bond donors (Lipinski definition) is 0. The van der Waals surface area contributed by atoms with Crippen molar-refractivity contribution in [1.82, 2.24) is 14.7 Å². The van der Waals surface area contributed by atoms with E-state index in [0.717, 1.165) is 60.8 Å². The van der Waals surface area contributed by atoms with Crippen molar-refractivity contribution in [3.05, 3.63) is 132 Å². The molecule has 0 aromatic heterocycles. The molecule has 4 aromatic carbocycles. The van der Waals surface area contributed by atoms with E-state index in [9.17, 15) is 14.4 Å². The van der Waals surface area contributed by atoms with Crippen molar-refractivity contribution in [2.45, 2.75) is 75.9 Å². The van der Waals surface area contributed by atoms with Gasteiger partial charge in [-0.05, 0) is 86.1 Å². The lowest BCUT2D eigenvalue weighted by molar-refractivity contribution is 0.0572. The Bertz CT molecular complexity index is 1530. The van der Waals surface area contributed by atoms with Gasteiger partial charge in [0.1, 0.15) is 0 Å². The number of carbonyl (C=O) groups is 3. The summed E-state index contributed by atoms with van der Waals surface area (Å²) in [6.07, 6.45) is 9.78. The molecule has 6 nitrogen and oxygen atoms in total. The maximum atomic E-state index is 12.6. The molecule has 3 amide bonds. The summed E-state index contributed by atoms with van der Waals surface area (Å²) in [5.74, 6) is 0.289. The molecule has 6 heteroatoms. The van der Waals surface area contributed by atoms with Gasteiger partial charge in [-0.3, -0.25) is 14.4 Å². The predicted molar refractivity (Wildman–Crippen MR) is 194 cm³/mol. The largest absolute Gasteiger partial charge is 0.339 e. The maximum Gasteiger partial charge on any atom is 0.253 e. The predicted octanol–water partition coefficient (Wildman–Crippen LogP) is 8.60. The minimum atomic E-state index is 0.0720. The average Bonchev–Trinajstić information content (AvgIpc) is 3.18. The molecule has 0 unspecified atom stereocenters. The molecule has 0 saturated heterocycles. The van der Waals surface area contributed by atoms with Gasteiger partial charge in [-0.2, -0.15) is 0 Å². The van der Waals surface area contributed by atoms with E-state index >= 15 is 0 Å². The van der Waals surface area contributed by atoms with E-state index in [1.54, 1.807) is 0 Å². The Balaban J connectivity index is 0.000000190. The summed E-state index contributed by atoms with van der Waals surface area (Å²) in [5, 5.41) is 0. The lowest BCUT2D eigenvalue weighted by Crippen LogP contribution is -2.45. The summed E-state index contributed by atoms with van der Waals surface area (Å²) in [6.45, 7) is 0. The van der Waals surface area contributed by atoms with Crippen LogP contribution in [0.15, 0.2) is 115 Å². The SMILES string of the molecule is CN(C(=O)c1ccc(-c2ccccc2)cc1)C1CCCCC1.CN(C(=O)c1ccccc1)C1CCC(N(C)C(=O)c2ccccc2)CC1. The van der Waals surface area contributed by atoms with Crippen molar-refractivity contribution >= 4 is 17.7 Å². The van der Waals surface area contributed by atoms with Gasteiger partial charge in [0.2, 0.25) is 0 Å². The minimum Gasteiger partial charge on any atom is -0.339 e. The van der Waals surface area contributed by atoms with Crippen LogP contribution in [0.3, 0.4) is 0 Å². The second kappa shape index (κ2) is 16.9. The Kier molecular flexibility index (Phi) is 12.2. The van der Waals surface area contributed by atoms with E-state index in [1.807, 2.05) is 139 Å². The normalized spacial score (nSPS) is 17.7. The second-order valence-corrected chi connectivity index (χ2v) is 13.2. The molecular formula is C42H49N3O3. The number of nitrogens with zero attached hydrogens (tertiary/aromatic N) is 3. The summed E-state index contributed by atoms with van der Waals surface area (Å²) in [5.41, 5.74) is 4.58. The van der Waals surface area contributed by atoms with Crippen LogP contribution in [0.4, 0.5) is 0 Å². The van der Waals surface area contributed by atoms with E-state index in [2.05, 4.69) is 12.1 Å². The lowest BCUT2D eigenvalue weighted by Gasteiger charge is -2.38. The topological polar surface area (TPSA) is 60.9 Å². The lowest BCUT2D eigenvalue weighted by atomic mass is 9.89. The van der Waals surface area contributed by atoms with E-state index in [1.165, 1.54) is 24.8 Å². The van der Waals surface area contributed by atoms with Crippen LogP contribution in [0, 0.1) is 0 Å². The molecule has 0 radical (unpaired) electrons. The Morgan fingerprint density at radius 2 is 0.708 bits per heavy atom. The fourth-order valence-electron chi connectivity index (χ4n) is 7.01. The molecule has 0 atom stereocenters. The molecule has 0 N–H and O–H groups in total. The van der Waals surface area contributed by atoms with Crippen LogP contribution in [0.1, 0.15) is 88.9 Å². The first-order valence-corrected chi connectivity index (χ1v) is 17.4. The first kappa shape index (κ1) is 34.6. The molecule has 0 heterocycles. The van der Waals surface area contributed by atoms with Gasteiger partial charge in [0.25, 0.3) is 17.7 Å². The maximum absolute atomic E-state index is 12.6. The van der Waals surface area contributed by atoms with Gasteiger partial charge in [0.05, 0.1) is 0 Å². The Morgan fingerprint density at radius 3 is 1.10 bits per heavy atom. The number of benzene rings is 4. The summed E-state index contributed by atoms with van der Waals surface area (Å²) in [7, 11) is 5.72. The number of rotatable bonds is 7. The number of carbonyl (C=O) groups excluding carboxylic acids is 3. The van der Waals surface area contributed by atoms with Crippen molar-refractivity contribution in [3.63, 3.8) is 0 Å². The molecule has 0 spiro atoms. The monoisotopic (exact) mass is 643 g/mol. The average molecular weight is 644 g/mol. The van der Waals surface area contributed by atoms with E-state index in [4.69, 9.17) is 0 Å². The first-order valence-electron chi connectivity index (χ1n) is 17.4. The highest BCUT2D eigenvalue weighted by atomic mass is 16.2. The van der Waals surface area contributed by atoms with Gasteiger partial charge in [-0.1, -0.05) is 98.1 Å². The van der Waals surface area contributed by atoms with Gasteiger partial charge in [0.15, 0.2) is 0 Å². The molecule has 0 bridgehead atoms. The molecule has 0 aliphatic heterocycles. The van der Waals surface area contributed by atoms with Gasteiger partial charge in [-0.15, -0.1) is 0 Å². The third-order valence-corrected chi connectivity index (χ3v) is 10.1. The van der Waals surface area contributed by atoms with Crippen LogP contribution in [0.25, 0.3) is 11.1 Å². The fraction of sp³-hybridized carbons (Fsp3) is 0.357. The zero-order chi connectivity index (χ0) is 33.9. The molecule has 2 fully saturated rings. The van der Waals surface area contributed by atoms with Crippen LogP contribution >= 0.6 is 0 Å². The third kappa shape index (κ3) is 8.80. The van der Waals surface area contributed by atoms with Gasteiger partial charge in [0, 0.05) is 56.0 Å². The first-order chi connectivity index (χ1) is 23.3. The highest BCUT2D eigenvalue weighted by Gasteiger charge is 2.30. The fourth-order valence-corrected chi connectivity index (χ4v) is 7.01. The summed E-state index contributed by atoms with van der Waals surface area (Å²) in [4.78, 5) is 43.5. The zero-order valence-electron chi connectivity index (χ0n) is 28.6. The summed E-state index contributed by atoms with van der Waals surface area (Å²) >= 11 is 0. The highest BCUT2D eigenvalue weighted by molar-refractivity contribution is 5.95. The van der Waals surface area contributed by atoms with Crippen LogP contribution in [-0.4, -0.2) is 71.7 Å². The van der Waals surface area contributed by atoms with Gasteiger partial charge in [-0.25, -0.2) is 0 Å². The molecule has 2 aliphatic carbocycles. The Hall–Kier alpha value is -4.71. The molecule has 6 rings (SSSR count). The van der Waals surface area contributed by atoms with Crippen molar-refractivity contribution < 1.29 is 14.4 Å². The Morgan fingerprint density at radius 1 is 0.396 bits per heavy atom. The standard InChI is InChI=1S/C22H26N2O2.C20H23NO/c1-23(21(25)17-9-5-3-6-10-17)19-13-15-20(16-14-19)24(2)22(26)18-11-7-4-8-12-18;1-21(19-10-6-3-7-11-19)20(22)18-14-12-17(13-15-18)16-8-4-2-5-9-16/h3-12,19-20H,13-16H2,1-2H3;2,4-5,8-9,12-15,19H,3,6-7,10-11H2,1H3. The molecular weight excluding hydrogens is 594 g/mol. The number of amides is 3. The van der Waals surface area contributed by atoms with Crippen molar-refractivity contribution in [3.8, 4) is 11.1 Å². The van der Waals surface area contributed by atoms with Crippen LogP contribution in [0.2, 0.25) is 0 Å².